The second-order valence-electron chi connectivity index (χ2n) is 6.70. The Labute approximate surface area is 126 Å². The van der Waals surface area contributed by atoms with Crippen molar-refractivity contribution in [2.75, 3.05) is 13.2 Å². The topological polar surface area (TPSA) is 58.6 Å². The molecule has 1 saturated carbocycles. The maximum Gasteiger partial charge on any atom is 0.246 e. The van der Waals surface area contributed by atoms with Gasteiger partial charge in [-0.15, -0.1) is 0 Å². The van der Waals surface area contributed by atoms with Crippen LogP contribution >= 0.6 is 0 Å². The van der Waals surface area contributed by atoms with Gasteiger partial charge in [-0.3, -0.25) is 9.59 Å². The molecule has 2 heterocycles. The molecule has 2 aliphatic heterocycles. The second kappa shape index (κ2) is 5.95. The van der Waals surface area contributed by atoms with Crippen molar-refractivity contribution in [2.45, 2.75) is 76.0 Å². The standard InChI is InChI=1S/C16H26N2O3/c1-12-14(19)18(10-7-13-6-5-11-21-13)16(15(20)17-12)8-3-2-4-9-16/h12-13H,2-11H2,1H3,(H,17,20). The molecule has 5 heteroatoms. The predicted octanol–water partition coefficient (Wildman–Crippen LogP) is 1.61. The highest BCUT2D eigenvalue weighted by Gasteiger charge is 2.51. The molecule has 2 unspecified atom stereocenters. The summed E-state index contributed by atoms with van der Waals surface area (Å²) in [4.78, 5) is 27.1. The molecule has 0 aromatic heterocycles. The van der Waals surface area contributed by atoms with Gasteiger partial charge < -0.3 is 15.0 Å². The molecular weight excluding hydrogens is 268 g/mol. The number of hydrogen-bond donors (Lipinski definition) is 1. The predicted molar refractivity (Wildman–Crippen MR) is 78.7 cm³/mol. The number of piperazine rings is 1. The Bertz CT molecular complexity index is 412. The molecule has 2 saturated heterocycles. The SMILES string of the molecule is CC1NC(=O)C2(CCCCC2)N(CCC2CCCO2)C1=O. The molecule has 2 atom stereocenters. The number of hydrogen-bond acceptors (Lipinski definition) is 3. The molecule has 3 fully saturated rings. The van der Waals surface area contributed by atoms with Gasteiger partial charge in [0.05, 0.1) is 6.10 Å². The zero-order chi connectivity index (χ0) is 14.9. The summed E-state index contributed by atoms with van der Waals surface area (Å²) in [6.07, 6.45) is 8.16. The van der Waals surface area contributed by atoms with Gasteiger partial charge in [-0.05, 0) is 39.0 Å². The van der Waals surface area contributed by atoms with Crippen LogP contribution in [0.15, 0.2) is 0 Å². The molecule has 1 spiro atoms. The van der Waals surface area contributed by atoms with Crippen molar-refractivity contribution in [1.82, 2.24) is 10.2 Å². The maximum atomic E-state index is 12.6. The third-order valence-corrected chi connectivity index (χ3v) is 5.30. The molecule has 2 amide bonds. The lowest BCUT2D eigenvalue weighted by molar-refractivity contribution is -0.160. The van der Waals surface area contributed by atoms with Gasteiger partial charge in [0.25, 0.3) is 0 Å². The molecule has 0 aromatic rings. The van der Waals surface area contributed by atoms with E-state index in [-0.39, 0.29) is 17.9 Å². The van der Waals surface area contributed by atoms with Gasteiger partial charge >= 0.3 is 0 Å². The summed E-state index contributed by atoms with van der Waals surface area (Å²) in [7, 11) is 0. The first kappa shape index (κ1) is 14.8. The fourth-order valence-corrected chi connectivity index (χ4v) is 4.06. The summed E-state index contributed by atoms with van der Waals surface area (Å²) in [6, 6.07) is -0.394. The van der Waals surface area contributed by atoms with Crippen LogP contribution in [-0.2, 0) is 14.3 Å². The van der Waals surface area contributed by atoms with Crippen LogP contribution < -0.4 is 5.32 Å². The zero-order valence-electron chi connectivity index (χ0n) is 12.9. The van der Waals surface area contributed by atoms with E-state index >= 15 is 0 Å². The summed E-state index contributed by atoms with van der Waals surface area (Å²) in [5, 5.41) is 2.89. The van der Waals surface area contributed by atoms with Crippen LogP contribution in [0.3, 0.4) is 0 Å². The molecule has 118 valence electrons. The normalized spacial score (nSPS) is 32.5. The van der Waals surface area contributed by atoms with Gasteiger partial charge in [-0.25, -0.2) is 0 Å². The fraction of sp³-hybridized carbons (Fsp3) is 0.875. The lowest BCUT2D eigenvalue weighted by atomic mass is 9.77. The summed E-state index contributed by atoms with van der Waals surface area (Å²) >= 11 is 0. The minimum absolute atomic E-state index is 0.0571. The lowest BCUT2D eigenvalue weighted by Gasteiger charge is -2.49. The quantitative estimate of drug-likeness (QED) is 0.860. The van der Waals surface area contributed by atoms with Crippen LogP contribution in [0.2, 0.25) is 0 Å². The van der Waals surface area contributed by atoms with Crippen LogP contribution in [0.5, 0.6) is 0 Å². The van der Waals surface area contributed by atoms with Crippen molar-refractivity contribution in [3.63, 3.8) is 0 Å². The molecule has 1 aliphatic carbocycles. The first-order valence-corrected chi connectivity index (χ1v) is 8.37. The zero-order valence-corrected chi connectivity index (χ0v) is 12.9. The molecule has 0 aromatic carbocycles. The van der Waals surface area contributed by atoms with Gasteiger partial charge in [0, 0.05) is 13.2 Å². The van der Waals surface area contributed by atoms with Crippen LogP contribution in [-0.4, -0.2) is 47.6 Å². The van der Waals surface area contributed by atoms with Crippen molar-refractivity contribution in [1.29, 1.82) is 0 Å². The number of amides is 2. The van der Waals surface area contributed by atoms with Gasteiger partial charge in [0.1, 0.15) is 11.6 Å². The maximum absolute atomic E-state index is 12.6. The van der Waals surface area contributed by atoms with Crippen molar-refractivity contribution in [3.8, 4) is 0 Å². The van der Waals surface area contributed by atoms with E-state index in [2.05, 4.69) is 5.32 Å². The third kappa shape index (κ3) is 2.68. The Kier molecular flexibility index (Phi) is 4.20. The Hall–Kier alpha value is -1.10. The second-order valence-corrected chi connectivity index (χ2v) is 6.70. The highest BCUT2D eigenvalue weighted by atomic mass is 16.5. The number of nitrogens with one attached hydrogen (secondary N) is 1. The molecular formula is C16H26N2O3. The minimum atomic E-state index is -0.583. The number of nitrogens with zero attached hydrogens (tertiary/aromatic N) is 1. The number of carbonyl (C=O) groups excluding carboxylic acids is 2. The Morgan fingerprint density at radius 2 is 2.00 bits per heavy atom. The monoisotopic (exact) mass is 294 g/mol. The van der Waals surface area contributed by atoms with Crippen molar-refractivity contribution in [2.24, 2.45) is 0 Å². The smallest absolute Gasteiger partial charge is 0.246 e. The van der Waals surface area contributed by atoms with Gasteiger partial charge in [0.15, 0.2) is 0 Å². The average Bonchev–Trinajstić information content (AvgIpc) is 3.00. The molecule has 1 N–H and O–H groups in total. The molecule has 21 heavy (non-hydrogen) atoms. The molecule has 3 aliphatic rings. The summed E-state index contributed by atoms with van der Waals surface area (Å²) in [6.45, 7) is 3.27. The van der Waals surface area contributed by atoms with Crippen LogP contribution in [0, 0.1) is 0 Å². The Balaban J connectivity index is 1.76. The van der Waals surface area contributed by atoms with E-state index in [1.54, 1.807) is 6.92 Å². The third-order valence-electron chi connectivity index (χ3n) is 5.30. The molecule has 0 bridgehead atoms. The summed E-state index contributed by atoms with van der Waals surface area (Å²) < 4.78 is 5.67. The minimum Gasteiger partial charge on any atom is -0.378 e. The summed E-state index contributed by atoms with van der Waals surface area (Å²) in [5.74, 6) is 0.135. The van der Waals surface area contributed by atoms with Gasteiger partial charge in [-0.1, -0.05) is 19.3 Å². The Morgan fingerprint density at radius 1 is 1.24 bits per heavy atom. The number of ether oxygens (including phenoxy) is 1. The first-order valence-electron chi connectivity index (χ1n) is 8.37. The van der Waals surface area contributed by atoms with Crippen LogP contribution in [0.1, 0.15) is 58.3 Å². The largest absolute Gasteiger partial charge is 0.378 e. The van der Waals surface area contributed by atoms with Gasteiger partial charge in [-0.2, -0.15) is 0 Å². The van der Waals surface area contributed by atoms with E-state index in [0.29, 0.717) is 6.54 Å². The van der Waals surface area contributed by atoms with Crippen LogP contribution in [0.4, 0.5) is 0 Å². The van der Waals surface area contributed by atoms with Crippen molar-refractivity contribution >= 4 is 11.8 Å². The molecule has 3 rings (SSSR count). The lowest BCUT2D eigenvalue weighted by Crippen LogP contribution is -2.70. The van der Waals surface area contributed by atoms with Crippen LogP contribution in [0.25, 0.3) is 0 Å². The van der Waals surface area contributed by atoms with E-state index in [1.165, 1.54) is 6.42 Å². The van der Waals surface area contributed by atoms with Crippen molar-refractivity contribution in [3.05, 3.63) is 0 Å². The van der Waals surface area contributed by atoms with E-state index in [9.17, 15) is 9.59 Å². The number of carbonyl (C=O) groups is 2. The van der Waals surface area contributed by atoms with E-state index in [1.807, 2.05) is 4.90 Å². The first-order chi connectivity index (χ1) is 10.1. The van der Waals surface area contributed by atoms with E-state index < -0.39 is 11.6 Å². The average molecular weight is 294 g/mol. The highest BCUT2D eigenvalue weighted by molar-refractivity contribution is 5.99. The fourth-order valence-electron chi connectivity index (χ4n) is 4.06. The molecule has 0 radical (unpaired) electrons. The highest BCUT2D eigenvalue weighted by Crippen LogP contribution is 2.37. The Morgan fingerprint density at radius 3 is 2.67 bits per heavy atom. The van der Waals surface area contributed by atoms with Gasteiger partial charge in [0.2, 0.25) is 11.8 Å². The molecule has 5 nitrogen and oxygen atoms in total. The number of rotatable bonds is 3. The van der Waals surface area contributed by atoms with E-state index in [4.69, 9.17) is 4.74 Å². The van der Waals surface area contributed by atoms with Crippen molar-refractivity contribution < 1.29 is 14.3 Å². The summed E-state index contributed by atoms with van der Waals surface area (Å²) in [5.41, 5.74) is -0.583. The van der Waals surface area contributed by atoms with E-state index in [0.717, 1.165) is 51.6 Å².